The lowest BCUT2D eigenvalue weighted by atomic mass is 9.89. The Bertz CT molecular complexity index is 691. The van der Waals surface area contributed by atoms with Crippen molar-refractivity contribution in [3.8, 4) is 0 Å². The summed E-state index contributed by atoms with van der Waals surface area (Å²) >= 11 is 0. The van der Waals surface area contributed by atoms with Gasteiger partial charge in [0.25, 0.3) is 0 Å². The number of benzene rings is 1. The van der Waals surface area contributed by atoms with E-state index in [2.05, 4.69) is 49.6 Å². The molecule has 1 aromatic rings. The van der Waals surface area contributed by atoms with Gasteiger partial charge in [-0.2, -0.15) is 0 Å². The topological polar surface area (TPSA) is 32.8 Å². The Morgan fingerprint density at radius 3 is 2.33 bits per heavy atom. The van der Waals surface area contributed by atoms with E-state index in [0.717, 1.165) is 56.6 Å². The van der Waals surface area contributed by atoms with Gasteiger partial charge in [0, 0.05) is 36.8 Å². The number of nitrogens with zero attached hydrogens (tertiary/aromatic N) is 2. The summed E-state index contributed by atoms with van der Waals surface area (Å²) in [5.41, 5.74) is 4.65. The van der Waals surface area contributed by atoms with Crippen LogP contribution < -0.4 is 4.90 Å². The highest BCUT2D eigenvalue weighted by Crippen LogP contribution is 2.30. The van der Waals surface area contributed by atoms with E-state index in [1.807, 2.05) is 0 Å². The largest absolute Gasteiger partial charge is 0.377 e. The summed E-state index contributed by atoms with van der Waals surface area (Å²) in [4.78, 5) is 18.1. The van der Waals surface area contributed by atoms with Crippen LogP contribution in [0, 0.1) is 19.8 Å². The van der Waals surface area contributed by atoms with Crippen molar-refractivity contribution in [2.24, 2.45) is 5.92 Å². The minimum absolute atomic E-state index is 0.0389. The van der Waals surface area contributed by atoms with Crippen LogP contribution >= 0.6 is 0 Å². The predicted octanol–water partition coefficient (Wildman–Crippen LogP) is 5.39. The van der Waals surface area contributed by atoms with Gasteiger partial charge in [-0.1, -0.05) is 13.8 Å². The summed E-state index contributed by atoms with van der Waals surface area (Å²) in [5.74, 6) is 0.326. The van der Waals surface area contributed by atoms with Crippen LogP contribution in [0.4, 0.5) is 5.69 Å². The van der Waals surface area contributed by atoms with E-state index in [-0.39, 0.29) is 17.8 Å². The van der Waals surface area contributed by atoms with Crippen LogP contribution in [-0.2, 0) is 4.74 Å². The molecule has 4 heteroatoms. The van der Waals surface area contributed by atoms with E-state index in [0.29, 0.717) is 0 Å². The van der Waals surface area contributed by atoms with Gasteiger partial charge in [-0.3, -0.25) is 4.79 Å². The molecule has 2 aliphatic heterocycles. The number of Topliss-reactive ketones (excluding diaryl/α,β-unsaturated/α-hetero) is 1. The zero-order chi connectivity index (χ0) is 21.5. The predicted molar refractivity (Wildman–Crippen MR) is 126 cm³/mol. The average molecular weight is 415 g/mol. The molecule has 0 N–H and O–H groups in total. The summed E-state index contributed by atoms with van der Waals surface area (Å²) in [6.07, 6.45) is 8.35. The number of carbonyl (C=O) groups is 1. The zero-order valence-corrected chi connectivity index (χ0v) is 19.7. The smallest absolute Gasteiger partial charge is 0.165 e. The van der Waals surface area contributed by atoms with Crippen molar-refractivity contribution in [1.29, 1.82) is 0 Å². The first-order valence-electron chi connectivity index (χ1n) is 12.2. The van der Waals surface area contributed by atoms with E-state index < -0.39 is 0 Å². The normalized spacial score (nSPS) is 19.4. The van der Waals surface area contributed by atoms with E-state index in [1.165, 1.54) is 50.0 Å². The number of hydrogen-bond acceptors (Lipinski definition) is 4. The Kier molecular flexibility index (Phi) is 8.76. The number of ether oxygens (including phenoxy) is 1. The third kappa shape index (κ3) is 5.85. The van der Waals surface area contributed by atoms with Gasteiger partial charge in [-0.05, 0) is 95.1 Å². The lowest BCUT2D eigenvalue weighted by Crippen LogP contribution is -2.26. The van der Waals surface area contributed by atoms with Crippen LogP contribution in [0.1, 0.15) is 80.3 Å². The Hall–Kier alpha value is -1.39. The van der Waals surface area contributed by atoms with Gasteiger partial charge >= 0.3 is 0 Å². The highest BCUT2D eigenvalue weighted by molar-refractivity contribution is 5.99. The summed E-state index contributed by atoms with van der Waals surface area (Å²) in [6.45, 7) is 15.2. The van der Waals surface area contributed by atoms with Crippen LogP contribution in [-0.4, -0.2) is 56.1 Å². The zero-order valence-electron chi connectivity index (χ0n) is 19.7. The standard InChI is InChI=1S/C26H42N2O2/c1-5-23(30-19-18-27-14-6-7-15-27)11-10-20(2)26(29)24-12-13-25(22(4)21(24)3)28-16-8-9-17-28/h12-13,20,23H,5-11,14-19H2,1-4H3/t20-,23?/m1/s1. The molecule has 3 rings (SSSR count). The SMILES string of the molecule is CCC(CC[C@@H](C)C(=O)c1ccc(N2CCCC2)c(C)c1C)OCCN1CCCC1. The fourth-order valence-electron chi connectivity index (χ4n) is 4.97. The second-order valence-electron chi connectivity index (χ2n) is 9.37. The Morgan fingerprint density at radius 1 is 1.00 bits per heavy atom. The minimum Gasteiger partial charge on any atom is -0.377 e. The maximum Gasteiger partial charge on any atom is 0.165 e. The molecule has 2 saturated heterocycles. The van der Waals surface area contributed by atoms with Gasteiger partial charge < -0.3 is 14.5 Å². The molecule has 168 valence electrons. The Morgan fingerprint density at radius 2 is 1.67 bits per heavy atom. The molecule has 0 spiro atoms. The van der Waals surface area contributed by atoms with Gasteiger partial charge in [0.1, 0.15) is 0 Å². The fourth-order valence-corrected chi connectivity index (χ4v) is 4.97. The quantitative estimate of drug-likeness (QED) is 0.454. The van der Waals surface area contributed by atoms with Crippen molar-refractivity contribution in [3.63, 3.8) is 0 Å². The molecule has 2 aliphatic rings. The molecule has 30 heavy (non-hydrogen) atoms. The fraction of sp³-hybridized carbons (Fsp3) is 0.731. The third-order valence-corrected chi connectivity index (χ3v) is 7.26. The van der Waals surface area contributed by atoms with Crippen LogP contribution in [0.25, 0.3) is 0 Å². The van der Waals surface area contributed by atoms with Crippen molar-refractivity contribution in [2.45, 2.75) is 78.7 Å². The molecule has 0 aromatic heterocycles. The molecule has 2 heterocycles. The number of carbonyl (C=O) groups excluding carboxylic acids is 1. The van der Waals surface area contributed by atoms with Crippen LogP contribution in [0.15, 0.2) is 12.1 Å². The highest BCUT2D eigenvalue weighted by atomic mass is 16.5. The van der Waals surface area contributed by atoms with Crippen LogP contribution in [0.3, 0.4) is 0 Å². The maximum absolute atomic E-state index is 13.2. The van der Waals surface area contributed by atoms with Crippen LogP contribution in [0.2, 0.25) is 0 Å². The number of anilines is 1. The summed E-state index contributed by atoms with van der Waals surface area (Å²) in [6, 6.07) is 4.24. The summed E-state index contributed by atoms with van der Waals surface area (Å²) < 4.78 is 6.15. The summed E-state index contributed by atoms with van der Waals surface area (Å²) in [7, 11) is 0. The van der Waals surface area contributed by atoms with Crippen molar-refractivity contribution in [1.82, 2.24) is 4.90 Å². The average Bonchev–Trinajstić information content (AvgIpc) is 3.46. The molecule has 2 fully saturated rings. The Labute approximate surface area is 184 Å². The second kappa shape index (κ2) is 11.3. The number of ketones is 1. The Balaban J connectivity index is 1.51. The molecule has 0 saturated carbocycles. The van der Waals surface area contributed by atoms with Crippen LogP contribution in [0.5, 0.6) is 0 Å². The maximum atomic E-state index is 13.2. The molecule has 1 aromatic carbocycles. The first-order valence-corrected chi connectivity index (χ1v) is 12.2. The van der Waals surface area contributed by atoms with E-state index in [1.54, 1.807) is 0 Å². The van der Waals surface area contributed by atoms with Gasteiger partial charge in [0.2, 0.25) is 0 Å². The third-order valence-electron chi connectivity index (χ3n) is 7.26. The van der Waals surface area contributed by atoms with E-state index in [9.17, 15) is 4.79 Å². The molecule has 4 nitrogen and oxygen atoms in total. The molecular formula is C26H42N2O2. The molecule has 1 unspecified atom stereocenters. The number of hydrogen-bond donors (Lipinski definition) is 0. The molecule has 0 radical (unpaired) electrons. The number of rotatable bonds is 11. The minimum atomic E-state index is 0.0389. The highest BCUT2D eigenvalue weighted by Gasteiger charge is 2.22. The molecule has 2 atom stereocenters. The molecule has 0 aliphatic carbocycles. The van der Waals surface area contributed by atoms with Gasteiger partial charge in [0.05, 0.1) is 12.7 Å². The lowest BCUT2D eigenvalue weighted by molar-refractivity contribution is 0.0300. The lowest BCUT2D eigenvalue weighted by Gasteiger charge is -2.23. The van der Waals surface area contributed by atoms with Crippen molar-refractivity contribution in [2.75, 3.05) is 44.2 Å². The first kappa shape index (κ1) is 23.3. The van der Waals surface area contributed by atoms with Crippen molar-refractivity contribution >= 4 is 11.5 Å². The monoisotopic (exact) mass is 414 g/mol. The van der Waals surface area contributed by atoms with E-state index in [4.69, 9.17) is 4.74 Å². The first-order chi connectivity index (χ1) is 14.5. The van der Waals surface area contributed by atoms with Crippen molar-refractivity contribution in [3.05, 3.63) is 28.8 Å². The number of likely N-dealkylation sites (tertiary alicyclic amines) is 1. The van der Waals surface area contributed by atoms with Gasteiger partial charge in [-0.25, -0.2) is 0 Å². The molecular weight excluding hydrogens is 372 g/mol. The van der Waals surface area contributed by atoms with Crippen molar-refractivity contribution < 1.29 is 9.53 Å². The van der Waals surface area contributed by atoms with Gasteiger partial charge in [0.15, 0.2) is 5.78 Å². The molecule has 0 bridgehead atoms. The van der Waals surface area contributed by atoms with E-state index >= 15 is 0 Å². The second-order valence-corrected chi connectivity index (χ2v) is 9.37. The molecule has 0 amide bonds. The van der Waals surface area contributed by atoms with Gasteiger partial charge in [-0.15, -0.1) is 0 Å². The summed E-state index contributed by atoms with van der Waals surface area (Å²) in [5, 5.41) is 0.